The van der Waals surface area contributed by atoms with Crippen molar-refractivity contribution in [3.63, 3.8) is 0 Å². The van der Waals surface area contributed by atoms with Gasteiger partial charge in [0.1, 0.15) is 0 Å². The van der Waals surface area contributed by atoms with Crippen molar-refractivity contribution in [2.24, 2.45) is 5.92 Å². The van der Waals surface area contributed by atoms with Gasteiger partial charge in [0.05, 0.1) is 11.4 Å². The molecular formula is C48H41N. The van der Waals surface area contributed by atoms with Gasteiger partial charge in [0.2, 0.25) is 0 Å². The van der Waals surface area contributed by atoms with Gasteiger partial charge in [-0.2, -0.15) is 0 Å². The number of nitrogens with zero attached hydrogens (tertiary/aromatic N) is 1. The number of fused-ring (bicyclic) bond motifs is 7. The van der Waals surface area contributed by atoms with Crippen molar-refractivity contribution in [3.05, 3.63) is 172 Å². The summed E-state index contributed by atoms with van der Waals surface area (Å²) in [5.41, 5.74) is 18.5. The highest BCUT2D eigenvalue weighted by atomic mass is 15.0. The van der Waals surface area contributed by atoms with Crippen molar-refractivity contribution in [3.8, 4) is 16.8 Å². The molecule has 0 fully saturated rings. The quantitative estimate of drug-likeness (QED) is 0.186. The van der Waals surface area contributed by atoms with Crippen molar-refractivity contribution in [1.82, 2.24) is 4.57 Å². The molecule has 0 saturated heterocycles. The monoisotopic (exact) mass is 631 g/mol. The molecule has 2 unspecified atom stereocenters. The van der Waals surface area contributed by atoms with Gasteiger partial charge in [-0.1, -0.05) is 127 Å². The Bertz CT molecular complexity index is 2310. The summed E-state index contributed by atoms with van der Waals surface area (Å²) in [5, 5.41) is 2.75. The molecule has 238 valence electrons. The largest absolute Gasteiger partial charge is 0.313 e. The molecule has 10 rings (SSSR count). The summed E-state index contributed by atoms with van der Waals surface area (Å²) < 4.78 is 2.65. The molecule has 5 aromatic rings. The fraction of sp³-hybridized carbons (Fsp3) is 0.208. The number of hydrogen-bond donors (Lipinski definition) is 0. The Morgan fingerprint density at radius 1 is 0.612 bits per heavy atom. The van der Waals surface area contributed by atoms with Gasteiger partial charge in [-0.3, -0.25) is 0 Å². The number of aromatic nitrogens is 1. The van der Waals surface area contributed by atoms with Crippen LogP contribution >= 0.6 is 0 Å². The first-order valence-corrected chi connectivity index (χ1v) is 18.4. The molecule has 0 aliphatic heterocycles. The maximum absolute atomic E-state index is 2.65. The number of hydrogen-bond acceptors (Lipinski definition) is 0. The van der Waals surface area contributed by atoms with E-state index in [0.29, 0.717) is 11.8 Å². The number of allylic oxidation sites excluding steroid dienone is 10. The minimum Gasteiger partial charge on any atom is -0.313 e. The molecule has 0 saturated carbocycles. The van der Waals surface area contributed by atoms with Crippen LogP contribution in [0.2, 0.25) is 0 Å². The van der Waals surface area contributed by atoms with Crippen molar-refractivity contribution < 1.29 is 0 Å². The third-order valence-electron chi connectivity index (χ3n) is 11.7. The van der Waals surface area contributed by atoms with E-state index in [4.69, 9.17) is 0 Å². The van der Waals surface area contributed by atoms with Gasteiger partial charge in [0.15, 0.2) is 0 Å². The maximum Gasteiger partial charge on any atom is 0.0537 e. The second kappa shape index (κ2) is 11.8. The lowest BCUT2D eigenvalue weighted by Gasteiger charge is -2.37. The van der Waals surface area contributed by atoms with Crippen LogP contribution in [0.1, 0.15) is 84.5 Å². The minimum absolute atomic E-state index is 0.324. The molecule has 0 amide bonds. The van der Waals surface area contributed by atoms with Crippen LogP contribution in [0.4, 0.5) is 0 Å². The summed E-state index contributed by atoms with van der Waals surface area (Å²) in [6.07, 6.45) is 29.1. The van der Waals surface area contributed by atoms with E-state index in [1.807, 2.05) is 0 Å². The summed E-state index contributed by atoms with van der Waals surface area (Å²) in [7, 11) is 0. The van der Waals surface area contributed by atoms with E-state index in [1.165, 1.54) is 109 Å². The van der Waals surface area contributed by atoms with Crippen LogP contribution in [0.5, 0.6) is 0 Å². The van der Waals surface area contributed by atoms with Gasteiger partial charge in [-0.05, 0) is 125 Å². The van der Waals surface area contributed by atoms with Crippen LogP contribution < -0.4 is 0 Å². The first-order chi connectivity index (χ1) is 24.3. The Kier molecular flexibility index (Phi) is 6.93. The van der Waals surface area contributed by atoms with Gasteiger partial charge in [-0.15, -0.1) is 0 Å². The summed E-state index contributed by atoms with van der Waals surface area (Å²) in [6.45, 7) is 0. The van der Waals surface area contributed by atoms with Crippen LogP contribution in [0.15, 0.2) is 139 Å². The average molecular weight is 632 g/mol. The molecule has 2 atom stereocenters. The minimum atomic E-state index is 0.324. The number of rotatable bonds is 4. The second-order valence-electron chi connectivity index (χ2n) is 14.4. The number of benzene rings is 4. The van der Waals surface area contributed by atoms with E-state index < -0.39 is 0 Å². The topological polar surface area (TPSA) is 4.93 Å². The van der Waals surface area contributed by atoms with Crippen molar-refractivity contribution in [2.45, 2.75) is 57.3 Å². The molecule has 5 aliphatic rings. The van der Waals surface area contributed by atoms with E-state index >= 15 is 0 Å². The molecule has 49 heavy (non-hydrogen) atoms. The molecular weight excluding hydrogens is 591 g/mol. The van der Waals surface area contributed by atoms with Gasteiger partial charge in [-0.25, -0.2) is 0 Å². The lowest BCUT2D eigenvalue weighted by Crippen LogP contribution is -2.22. The maximum atomic E-state index is 2.65. The Hall–Kier alpha value is -5.14. The predicted octanol–water partition coefficient (Wildman–Crippen LogP) is 12.7. The van der Waals surface area contributed by atoms with Crippen molar-refractivity contribution >= 4 is 34.1 Å². The molecule has 1 heterocycles. The van der Waals surface area contributed by atoms with Crippen molar-refractivity contribution in [2.75, 3.05) is 0 Å². The Morgan fingerprint density at radius 2 is 1.39 bits per heavy atom. The Labute approximate surface area is 290 Å². The van der Waals surface area contributed by atoms with Gasteiger partial charge in [0.25, 0.3) is 0 Å². The first-order valence-electron chi connectivity index (χ1n) is 18.4. The third kappa shape index (κ3) is 4.66. The zero-order valence-corrected chi connectivity index (χ0v) is 28.0. The molecule has 0 N–H and O–H groups in total. The zero-order valence-electron chi connectivity index (χ0n) is 28.0. The lowest BCUT2D eigenvalue weighted by molar-refractivity contribution is 0.652. The third-order valence-corrected chi connectivity index (χ3v) is 11.7. The van der Waals surface area contributed by atoms with Crippen LogP contribution in [0, 0.1) is 5.92 Å². The SMILES string of the molecule is C1=CC2=C(CC1)C(c1ccc(-c3ccccc3)cc1)=CC1C=Cc3c(c4c(n3-c3ccc(C5=CCCCC5)c5ccccc35)CCC=C4)C21. The highest BCUT2D eigenvalue weighted by Gasteiger charge is 2.39. The Balaban J connectivity index is 1.12. The summed E-state index contributed by atoms with van der Waals surface area (Å²) in [5.74, 6) is 0.653. The molecule has 0 bridgehead atoms. The summed E-state index contributed by atoms with van der Waals surface area (Å²) in [6, 6.07) is 34.0. The van der Waals surface area contributed by atoms with E-state index in [2.05, 4.69) is 144 Å². The molecule has 1 heteroatoms. The molecule has 0 spiro atoms. The standard InChI is InChI=1S/C48H41N/c1-3-13-32(14-4-1)33-23-25-35(26-24-33)43-31-36-27-29-46-48(47(36)41-20-10-8-18-39(41)43)42-21-11-12-22-44(42)49(46)45-30-28-37(34-15-5-2-6-16-34)38-17-7-9-19-40(38)45/h1,3-4,7,9-11,13-15,17,19-21,23-31,36,47H,2,5-6,8,12,16,18,22H2. The predicted molar refractivity (Wildman–Crippen MR) is 208 cm³/mol. The molecule has 1 aromatic heterocycles. The van der Waals surface area contributed by atoms with Crippen LogP contribution in [-0.4, -0.2) is 4.57 Å². The van der Waals surface area contributed by atoms with Gasteiger partial charge in [0, 0.05) is 22.9 Å². The van der Waals surface area contributed by atoms with Crippen LogP contribution in [0.25, 0.3) is 50.9 Å². The normalized spacial score (nSPS) is 20.7. The fourth-order valence-electron chi connectivity index (χ4n) is 9.46. The van der Waals surface area contributed by atoms with Crippen LogP contribution in [-0.2, 0) is 6.42 Å². The summed E-state index contributed by atoms with van der Waals surface area (Å²) in [4.78, 5) is 0. The molecule has 5 aliphatic carbocycles. The van der Waals surface area contributed by atoms with Gasteiger partial charge >= 0.3 is 0 Å². The fourth-order valence-corrected chi connectivity index (χ4v) is 9.46. The second-order valence-corrected chi connectivity index (χ2v) is 14.4. The first kappa shape index (κ1) is 28.8. The Morgan fingerprint density at radius 3 is 2.24 bits per heavy atom. The zero-order chi connectivity index (χ0) is 32.3. The highest BCUT2D eigenvalue weighted by Crippen LogP contribution is 2.54. The lowest BCUT2D eigenvalue weighted by atomic mass is 9.66. The smallest absolute Gasteiger partial charge is 0.0537 e. The molecule has 4 aromatic carbocycles. The van der Waals surface area contributed by atoms with Crippen LogP contribution in [0.3, 0.4) is 0 Å². The highest BCUT2D eigenvalue weighted by molar-refractivity contribution is 5.99. The average Bonchev–Trinajstić information content (AvgIpc) is 3.52. The molecule has 0 radical (unpaired) electrons. The van der Waals surface area contributed by atoms with E-state index in [-0.39, 0.29) is 0 Å². The summed E-state index contributed by atoms with van der Waals surface area (Å²) >= 11 is 0. The van der Waals surface area contributed by atoms with E-state index in [1.54, 1.807) is 0 Å². The van der Waals surface area contributed by atoms with E-state index in [0.717, 1.165) is 25.7 Å². The van der Waals surface area contributed by atoms with E-state index in [9.17, 15) is 0 Å². The van der Waals surface area contributed by atoms with Crippen molar-refractivity contribution in [1.29, 1.82) is 0 Å². The molecule has 1 nitrogen and oxygen atoms in total. The van der Waals surface area contributed by atoms with Gasteiger partial charge < -0.3 is 4.57 Å².